The van der Waals surface area contributed by atoms with Gasteiger partial charge in [-0.05, 0) is 55.4 Å². The molecule has 5 nitrogen and oxygen atoms in total. The highest BCUT2D eigenvalue weighted by molar-refractivity contribution is 5.78. The predicted molar refractivity (Wildman–Crippen MR) is 112 cm³/mol. The first kappa shape index (κ1) is 21.2. The molecule has 0 radical (unpaired) electrons. The van der Waals surface area contributed by atoms with Gasteiger partial charge in [0.05, 0.1) is 38.4 Å². The topological polar surface area (TPSA) is 54.0 Å². The van der Waals surface area contributed by atoms with Crippen molar-refractivity contribution in [1.82, 2.24) is 0 Å². The number of esters is 1. The Balaban J connectivity index is 1.89. The van der Waals surface area contributed by atoms with E-state index >= 15 is 0 Å². The SMILES string of the molecule is COC(=O)C1(Cc2ccc(-c3c(OC)cccc3OC)cc2)CCCC(OC)C1. The summed E-state index contributed by atoms with van der Waals surface area (Å²) in [6.07, 6.45) is 4.20. The lowest BCUT2D eigenvalue weighted by molar-refractivity contribution is -0.158. The first-order valence-electron chi connectivity index (χ1n) is 9.98. The van der Waals surface area contributed by atoms with Crippen molar-refractivity contribution in [2.45, 2.75) is 38.2 Å². The van der Waals surface area contributed by atoms with Crippen LogP contribution in [0.3, 0.4) is 0 Å². The summed E-state index contributed by atoms with van der Waals surface area (Å²) in [6.45, 7) is 0. The number of ether oxygens (including phenoxy) is 4. The number of hydrogen-bond acceptors (Lipinski definition) is 5. The summed E-state index contributed by atoms with van der Waals surface area (Å²) in [4.78, 5) is 12.7. The highest BCUT2D eigenvalue weighted by Gasteiger charge is 2.44. The zero-order valence-corrected chi connectivity index (χ0v) is 17.7. The number of carbonyl (C=O) groups excluding carboxylic acids is 1. The van der Waals surface area contributed by atoms with Crippen LogP contribution in [0.25, 0.3) is 11.1 Å². The van der Waals surface area contributed by atoms with Crippen LogP contribution in [0.2, 0.25) is 0 Å². The minimum absolute atomic E-state index is 0.0972. The van der Waals surface area contributed by atoms with E-state index in [9.17, 15) is 4.79 Å². The van der Waals surface area contributed by atoms with Gasteiger partial charge < -0.3 is 18.9 Å². The van der Waals surface area contributed by atoms with Crippen LogP contribution < -0.4 is 9.47 Å². The molecule has 3 rings (SSSR count). The fourth-order valence-corrected chi connectivity index (χ4v) is 4.46. The maximum absolute atomic E-state index is 12.7. The molecule has 0 spiro atoms. The zero-order valence-electron chi connectivity index (χ0n) is 17.7. The Morgan fingerprint density at radius 3 is 2.21 bits per heavy atom. The fraction of sp³-hybridized carbons (Fsp3) is 0.458. The molecule has 1 fully saturated rings. The third-order valence-corrected chi connectivity index (χ3v) is 5.96. The van der Waals surface area contributed by atoms with E-state index in [1.807, 2.05) is 18.2 Å². The quantitative estimate of drug-likeness (QED) is 0.635. The van der Waals surface area contributed by atoms with Crippen LogP contribution >= 0.6 is 0 Å². The van der Waals surface area contributed by atoms with Gasteiger partial charge in [0.15, 0.2) is 0 Å². The molecule has 29 heavy (non-hydrogen) atoms. The number of methoxy groups -OCH3 is 4. The predicted octanol–water partition coefficient (Wildman–Crippen LogP) is 4.66. The van der Waals surface area contributed by atoms with Gasteiger partial charge in [0, 0.05) is 7.11 Å². The second-order valence-corrected chi connectivity index (χ2v) is 7.64. The van der Waals surface area contributed by atoms with Gasteiger partial charge in [0.2, 0.25) is 0 Å². The third-order valence-electron chi connectivity index (χ3n) is 5.96. The van der Waals surface area contributed by atoms with Gasteiger partial charge in [-0.2, -0.15) is 0 Å². The molecule has 1 saturated carbocycles. The Morgan fingerprint density at radius 2 is 1.66 bits per heavy atom. The van der Waals surface area contributed by atoms with Crippen LogP contribution in [0.4, 0.5) is 0 Å². The van der Waals surface area contributed by atoms with Crippen LogP contribution in [-0.4, -0.2) is 40.5 Å². The van der Waals surface area contributed by atoms with Crippen molar-refractivity contribution < 1.29 is 23.7 Å². The minimum Gasteiger partial charge on any atom is -0.496 e. The van der Waals surface area contributed by atoms with Gasteiger partial charge >= 0.3 is 5.97 Å². The lowest BCUT2D eigenvalue weighted by atomic mass is 9.69. The van der Waals surface area contributed by atoms with Crippen molar-refractivity contribution in [3.05, 3.63) is 48.0 Å². The summed E-state index contributed by atoms with van der Waals surface area (Å²) in [7, 11) is 6.50. The fourth-order valence-electron chi connectivity index (χ4n) is 4.46. The molecule has 0 saturated heterocycles. The van der Waals surface area contributed by atoms with E-state index in [-0.39, 0.29) is 12.1 Å². The van der Waals surface area contributed by atoms with Gasteiger partial charge in [-0.3, -0.25) is 4.79 Å². The second kappa shape index (κ2) is 9.31. The van der Waals surface area contributed by atoms with Gasteiger partial charge in [-0.1, -0.05) is 30.3 Å². The van der Waals surface area contributed by atoms with Gasteiger partial charge in [0.25, 0.3) is 0 Å². The van der Waals surface area contributed by atoms with Crippen molar-refractivity contribution in [2.24, 2.45) is 5.41 Å². The van der Waals surface area contributed by atoms with Crippen LogP contribution in [0.1, 0.15) is 31.2 Å². The Morgan fingerprint density at radius 1 is 1.00 bits per heavy atom. The monoisotopic (exact) mass is 398 g/mol. The molecule has 1 aliphatic rings. The Labute approximate surface area is 172 Å². The summed E-state index contributed by atoms with van der Waals surface area (Å²) in [6, 6.07) is 14.0. The lowest BCUT2D eigenvalue weighted by Gasteiger charge is -2.38. The molecular weight excluding hydrogens is 368 g/mol. The van der Waals surface area contributed by atoms with Crippen LogP contribution in [-0.2, 0) is 20.7 Å². The largest absolute Gasteiger partial charge is 0.496 e. The molecular formula is C24H30O5. The van der Waals surface area contributed by atoms with E-state index in [4.69, 9.17) is 18.9 Å². The molecule has 1 aliphatic carbocycles. The average Bonchev–Trinajstić information content (AvgIpc) is 2.78. The number of rotatable bonds is 7. The van der Waals surface area contributed by atoms with Gasteiger partial charge in [0.1, 0.15) is 11.5 Å². The van der Waals surface area contributed by atoms with E-state index in [2.05, 4.69) is 24.3 Å². The molecule has 2 atom stereocenters. The molecule has 0 bridgehead atoms. The van der Waals surface area contributed by atoms with Crippen molar-refractivity contribution >= 4 is 5.97 Å². The first-order chi connectivity index (χ1) is 14.1. The number of carbonyl (C=O) groups is 1. The van der Waals surface area contributed by atoms with Crippen molar-refractivity contribution in [3.63, 3.8) is 0 Å². The van der Waals surface area contributed by atoms with E-state index in [1.165, 1.54) is 7.11 Å². The third kappa shape index (κ3) is 4.40. The van der Waals surface area contributed by atoms with Crippen molar-refractivity contribution in [1.29, 1.82) is 0 Å². The molecule has 0 amide bonds. The summed E-state index contributed by atoms with van der Waals surface area (Å²) in [5.41, 5.74) is 2.50. The lowest BCUT2D eigenvalue weighted by Crippen LogP contribution is -2.41. The molecule has 0 aliphatic heterocycles. The second-order valence-electron chi connectivity index (χ2n) is 7.64. The number of benzene rings is 2. The Hall–Kier alpha value is -2.53. The highest BCUT2D eigenvalue weighted by Crippen LogP contribution is 2.42. The maximum Gasteiger partial charge on any atom is 0.312 e. The van der Waals surface area contributed by atoms with E-state index in [0.29, 0.717) is 12.8 Å². The zero-order chi connectivity index (χ0) is 20.9. The molecule has 0 aromatic heterocycles. The first-order valence-corrected chi connectivity index (χ1v) is 9.98. The summed E-state index contributed by atoms with van der Waals surface area (Å²) in [5, 5.41) is 0. The summed E-state index contributed by atoms with van der Waals surface area (Å²) < 4.78 is 21.8. The van der Waals surface area contributed by atoms with E-state index in [0.717, 1.165) is 47.5 Å². The van der Waals surface area contributed by atoms with Crippen molar-refractivity contribution in [2.75, 3.05) is 28.4 Å². The minimum atomic E-state index is -0.530. The van der Waals surface area contributed by atoms with Crippen molar-refractivity contribution in [3.8, 4) is 22.6 Å². The molecule has 5 heteroatoms. The highest BCUT2D eigenvalue weighted by atomic mass is 16.5. The number of hydrogen-bond donors (Lipinski definition) is 0. The van der Waals surface area contributed by atoms with Crippen LogP contribution in [0.15, 0.2) is 42.5 Å². The summed E-state index contributed by atoms with van der Waals surface area (Å²) in [5.74, 6) is 1.38. The molecule has 2 aromatic carbocycles. The smallest absolute Gasteiger partial charge is 0.312 e. The van der Waals surface area contributed by atoms with Crippen LogP contribution in [0.5, 0.6) is 11.5 Å². The standard InChI is InChI=1S/C24H30O5/c1-26-19-7-6-14-24(16-19,23(25)29-4)15-17-10-12-18(13-11-17)22-20(27-2)8-5-9-21(22)28-3/h5,8-13,19H,6-7,14-16H2,1-4H3. The Bertz CT molecular complexity index is 807. The van der Waals surface area contributed by atoms with E-state index < -0.39 is 5.41 Å². The Kier molecular flexibility index (Phi) is 6.80. The normalized spacial score (nSPS) is 21.4. The van der Waals surface area contributed by atoms with Gasteiger partial charge in [-0.25, -0.2) is 0 Å². The molecule has 2 aromatic rings. The molecule has 156 valence electrons. The summed E-state index contributed by atoms with van der Waals surface area (Å²) >= 11 is 0. The molecule has 0 N–H and O–H groups in total. The average molecular weight is 398 g/mol. The van der Waals surface area contributed by atoms with E-state index in [1.54, 1.807) is 21.3 Å². The molecule has 2 unspecified atom stereocenters. The van der Waals surface area contributed by atoms with Crippen LogP contribution in [0, 0.1) is 5.41 Å². The molecule has 0 heterocycles. The maximum atomic E-state index is 12.7. The van der Waals surface area contributed by atoms with Gasteiger partial charge in [-0.15, -0.1) is 0 Å².